The third kappa shape index (κ3) is 2.88. The molecule has 2 aromatic rings. The molecule has 1 amide bonds. The minimum absolute atomic E-state index is 0.0285. The van der Waals surface area contributed by atoms with Crippen molar-refractivity contribution in [2.45, 2.75) is 27.0 Å². The molecule has 0 saturated carbocycles. The number of aryl methyl sites for hydroxylation is 2. The summed E-state index contributed by atoms with van der Waals surface area (Å²) in [6, 6.07) is 7.49. The highest BCUT2D eigenvalue weighted by Gasteiger charge is 2.16. The first-order valence-electron chi connectivity index (χ1n) is 6.50. The summed E-state index contributed by atoms with van der Waals surface area (Å²) < 4.78 is 1.71. The van der Waals surface area contributed by atoms with Crippen LogP contribution in [0.2, 0.25) is 0 Å². The first-order chi connectivity index (χ1) is 9.52. The molecule has 5 nitrogen and oxygen atoms in total. The lowest BCUT2D eigenvalue weighted by atomic mass is 10.1. The van der Waals surface area contributed by atoms with E-state index in [1.165, 1.54) is 0 Å². The molecule has 20 heavy (non-hydrogen) atoms. The number of aliphatic hydroxyl groups is 1. The highest BCUT2D eigenvalue weighted by Crippen LogP contribution is 2.12. The van der Waals surface area contributed by atoms with Crippen LogP contribution in [0.1, 0.15) is 32.9 Å². The van der Waals surface area contributed by atoms with Gasteiger partial charge in [-0.3, -0.25) is 9.48 Å². The summed E-state index contributed by atoms with van der Waals surface area (Å²) in [5, 5.41) is 16.1. The van der Waals surface area contributed by atoms with Gasteiger partial charge < -0.3 is 10.4 Å². The Balaban J connectivity index is 2.04. The molecule has 0 spiro atoms. The Hall–Kier alpha value is -2.14. The van der Waals surface area contributed by atoms with E-state index in [0.29, 0.717) is 12.1 Å². The van der Waals surface area contributed by atoms with Crippen LogP contribution in [0.5, 0.6) is 0 Å². The lowest BCUT2D eigenvalue weighted by molar-refractivity contribution is 0.0949. The fraction of sp³-hybridized carbons (Fsp3) is 0.333. The number of amides is 1. The molecule has 0 bridgehead atoms. The summed E-state index contributed by atoms with van der Waals surface area (Å²) in [4.78, 5) is 12.2. The monoisotopic (exact) mass is 273 g/mol. The summed E-state index contributed by atoms with van der Waals surface area (Å²) >= 11 is 0. The van der Waals surface area contributed by atoms with E-state index in [4.69, 9.17) is 5.11 Å². The van der Waals surface area contributed by atoms with Gasteiger partial charge in [-0.05, 0) is 25.0 Å². The summed E-state index contributed by atoms with van der Waals surface area (Å²) in [5.74, 6) is -0.112. The van der Waals surface area contributed by atoms with Crippen LogP contribution >= 0.6 is 0 Å². The van der Waals surface area contributed by atoms with Crippen molar-refractivity contribution in [2.24, 2.45) is 7.05 Å². The van der Waals surface area contributed by atoms with Crippen LogP contribution in [0, 0.1) is 13.8 Å². The molecule has 106 valence electrons. The van der Waals surface area contributed by atoms with Gasteiger partial charge in [-0.15, -0.1) is 0 Å². The average molecular weight is 273 g/mol. The number of aromatic nitrogens is 2. The molecule has 0 radical (unpaired) electrons. The molecule has 0 unspecified atom stereocenters. The predicted octanol–water partition coefficient (Wildman–Crippen LogP) is 1.46. The standard InChI is InChI=1S/C15H19N3O2/c1-10-14(11(2)18(3)17-10)15(20)16-8-12-4-6-13(9-19)7-5-12/h4-7,19H,8-9H2,1-3H3,(H,16,20). The molecule has 1 heterocycles. The van der Waals surface area contributed by atoms with Gasteiger partial charge in [0.1, 0.15) is 0 Å². The molecule has 0 atom stereocenters. The first-order valence-corrected chi connectivity index (χ1v) is 6.50. The Bertz CT molecular complexity index is 615. The Morgan fingerprint density at radius 3 is 2.35 bits per heavy atom. The van der Waals surface area contributed by atoms with E-state index in [2.05, 4.69) is 10.4 Å². The second-order valence-corrected chi connectivity index (χ2v) is 4.83. The second-order valence-electron chi connectivity index (χ2n) is 4.83. The van der Waals surface area contributed by atoms with Crippen molar-refractivity contribution in [1.29, 1.82) is 0 Å². The van der Waals surface area contributed by atoms with Crippen molar-refractivity contribution in [3.05, 3.63) is 52.3 Å². The Kier molecular flexibility index (Phi) is 4.20. The molecule has 2 N–H and O–H groups in total. The number of aliphatic hydroxyl groups excluding tert-OH is 1. The van der Waals surface area contributed by atoms with Crippen LogP contribution in [-0.4, -0.2) is 20.8 Å². The summed E-state index contributed by atoms with van der Waals surface area (Å²) in [6.07, 6.45) is 0. The molecule has 0 fully saturated rings. The van der Waals surface area contributed by atoms with E-state index in [-0.39, 0.29) is 12.5 Å². The topological polar surface area (TPSA) is 67.2 Å². The zero-order valence-corrected chi connectivity index (χ0v) is 12.0. The first kappa shape index (κ1) is 14.3. The van der Waals surface area contributed by atoms with Crippen LogP contribution in [0.15, 0.2) is 24.3 Å². The number of rotatable bonds is 4. The fourth-order valence-corrected chi connectivity index (χ4v) is 2.14. The van der Waals surface area contributed by atoms with E-state index < -0.39 is 0 Å². The number of nitrogens with zero attached hydrogens (tertiary/aromatic N) is 2. The van der Waals surface area contributed by atoms with E-state index in [1.807, 2.05) is 45.2 Å². The van der Waals surface area contributed by atoms with Crippen molar-refractivity contribution < 1.29 is 9.90 Å². The summed E-state index contributed by atoms with van der Waals surface area (Å²) in [5.41, 5.74) is 4.09. The van der Waals surface area contributed by atoms with Crippen molar-refractivity contribution >= 4 is 5.91 Å². The maximum atomic E-state index is 12.2. The molecular weight excluding hydrogens is 254 g/mol. The third-order valence-corrected chi connectivity index (χ3v) is 3.39. The SMILES string of the molecule is Cc1nn(C)c(C)c1C(=O)NCc1ccc(CO)cc1. The van der Waals surface area contributed by atoms with Gasteiger partial charge in [-0.1, -0.05) is 24.3 Å². The van der Waals surface area contributed by atoms with Gasteiger partial charge in [0.25, 0.3) is 5.91 Å². The molecule has 0 aliphatic rings. The zero-order valence-electron chi connectivity index (χ0n) is 12.0. The van der Waals surface area contributed by atoms with Crippen LogP contribution in [0.4, 0.5) is 0 Å². The van der Waals surface area contributed by atoms with E-state index >= 15 is 0 Å². The molecule has 5 heteroatoms. The molecular formula is C15H19N3O2. The van der Waals surface area contributed by atoms with Crippen molar-refractivity contribution in [2.75, 3.05) is 0 Å². The number of nitrogens with one attached hydrogen (secondary N) is 1. The fourth-order valence-electron chi connectivity index (χ4n) is 2.14. The minimum Gasteiger partial charge on any atom is -0.392 e. The predicted molar refractivity (Wildman–Crippen MR) is 76.2 cm³/mol. The summed E-state index contributed by atoms with van der Waals surface area (Å²) in [6.45, 7) is 4.20. The highest BCUT2D eigenvalue weighted by atomic mass is 16.3. The third-order valence-electron chi connectivity index (χ3n) is 3.39. The van der Waals surface area contributed by atoms with E-state index in [1.54, 1.807) is 4.68 Å². The quantitative estimate of drug-likeness (QED) is 0.886. The van der Waals surface area contributed by atoms with Gasteiger partial charge >= 0.3 is 0 Å². The van der Waals surface area contributed by atoms with E-state index in [0.717, 1.165) is 22.5 Å². The highest BCUT2D eigenvalue weighted by molar-refractivity contribution is 5.96. The lowest BCUT2D eigenvalue weighted by Gasteiger charge is -2.06. The van der Waals surface area contributed by atoms with E-state index in [9.17, 15) is 4.79 Å². The molecule has 0 aliphatic heterocycles. The van der Waals surface area contributed by atoms with Crippen LogP contribution < -0.4 is 5.32 Å². The minimum atomic E-state index is -0.112. The molecule has 1 aromatic heterocycles. The van der Waals surface area contributed by atoms with Gasteiger partial charge in [-0.2, -0.15) is 5.10 Å². The number of hydrogen-bond acceptors (Lipinski definition) is 3. The van der Waals surface area contributed by atoms with Gasteiger partial charge in [0.2, 0.25) is 0 Å². The van der Waals surface area contributed by atoms with Gasteiger partial charge in [0.15, 0.2) is 0 Å². The smallest absolute Gasteiger partial charge is 0.255 e. The Morgan fingerprint density at radius 1 is 1.25 bits per heavy atom. The van der Waals surface area contributed by atoms with Crippen LogP contribution in [0.3, 0.4) is 0 Å². The maximum Gasteiger partial charge on any atom is 0.255 e. The number of carbonyl (C=O) groups is 1. The van der Waals surface area contributed by atoms with Gasteiger partial charge in [0.05, 0.1) is 17.9 Å². The molecule has 1 aromatic carbocycles. The normalized spacial score (nSPS) is 10.6. The van der Waals surface area contributed by atoms with Crippen molar-refractivity contribution in [3.8, 4) is 0 Å². The zero-order chi connectivity index (χ0) is 14.7. The largest absolute Gasteiger partial charge is 0.392 e. The number of carbonyl (C=O) groups excluding carboxylic acids is 1. The Morgan fingerprint density at radius 2 is 1.85 bits per heavy atom. The average Bonchev–Trinajstić information content (AvgIpc) is 2.70. The van der Waals surface area contributed by atoms with Gasteiger partial charge in [-0.25, -0.2) is 0 Å². The van der Waals surface area contributed by atoms with Crippen molar-refractivity contribution in [1.82, 2.24) is 15.1 Å². The molecule has 0 saturated heterocycles. The second kappa shape index (κ2) is 5.88. The molecule has 0 aliphatic carbocycles. The summed E-state index contributed by atoms with van der Waals surface area (Å²) in [7, 11) is 1.83. The van der Waals surface area contributed by atoms with Crippen LogP contribution in [-0.2, 0) is 20.2 Å². The van der Waals surface area contributed by atoms with Crippen LogP contribution in [0.25, 0.3) is 0 Å². The van der Waals surface area contributed by atoms with Crippen molar-refractivity contribution in [3.63, 3.8) is 0 Å². The maximum absolute atomic E-state index is 12.2. The number of benzene rings is 1. The lowest BCUT2D eigenvalue weighted by Crippen LogP contribution is -2.24. The molecule has 2 rings (SSSR count). The Labute approximate surface area is 118 Å². The van der Waals surface area contributed by atoms with Gasteiger partial charge in [0, 0.05) is 19.3 Å². The number of hydrogen-bond donors (Lipinski definition) is 2.